The third kappa shape index (κ3) is 3.19. The maximum absolute atomic E-state index is 9.98. The van der Waals surface area contributed by atoms with Crippen molar-refractivity contribution >= 4 is 55.1 Å². The summed E-state index contributed by atoms with van der Waals surface area (Å²) >= 11 is 7.02. The van der Waals surface area contributed by atoms with Gasteiger partial charge in [-0.3, -0.25) is 0 Å². The van der Waals surface area contributed by atoms with Crippen LogP contribution in [0.25, 0.3) is 11.0 Å². The highest BCUT2D eigenvalue weighted by Crippen LogP contribution is 2.31. The number of rotatable bonds is 3. The first-order valence-corrected chi connectivity index (χ1v) is 8.77. The van der Waals surface area contributed by atoms with Gasteiger partial charge < -0.3 is 9.67 Å². The van der Waals surface area contributed by atoms with E-state index in [4.69, 9.17) is 0 Å². The number of fused-ring (bicyclic) bond motifs is 1. The number of aromatic nitrogens is 2. The zero-order chi connectivity index (χ0) is 16.6. The maximum atomic E-state index is 9.98. The predicted octanol–water partition coefficient (Wildman–Crippen LogP) is 5.35. The quantitative estimate of drug-likeness (QED) is 0.563. The van der Waals surface area contributed by atoms with Crippen LogP contribution in [0.15, 0.2) is 44.3 Å². The Morgan fingerprint density at radius 3 is 2.65 bits per heavy atom. The van der Waals surface area contributed by atoms with E-state index in [-0.39, 0.29) is 5.75 Å². The summed E-state index contributed by atoms with van der Waals surface area (Å²) in [5.74, 6) is 0.839. The molecule has 4 nitrogen and oxygen atoms in total. The largest absolute Gasteiger partial charge is 0.507 e. The van der Waals surface area contributed by atoms with Gasteiger partial charge in [0.1, 0.15) is 5.75 Å². The molecule has 0 saturated heterocycles. The van der Waals surface area contributed by atoms with E-state index in [1.165, 1.54) is 0 Å². The van der Waals surface area contributed by atoms with Gasteiger partial charge in [-0.2, -0.15) is 0 Å². The van der Waals surface area contributed by atoms with Crippen molar-refractivity contribution in [3.63, 3.8) is 0 Å². The summed E-state index contributed by atoms with van der Waals surface area (Å²) in [5, 5.41) is 9.98. The first-order valence-electron chi connectivity index (χ1n) is 7.18. The van der Waals surface area contributed by atoms with Gasteiger partial charge in [-0.25, -0.2) is 9.98 Å². The second kappa shape index (κ2) is 6.45. The second-order valence-corrected chi connectivity index (χ2v) is 6.94. The first kappa shape index (κ1) is 16.2. The molecule has 0 unspecified atom stereocenters. The van der Waals surface area contributed by atoms with Gasteiger partial charge in [-0.15, -0.1) is 0 Å². The van der Waals surface area contributed by atoms with Crippen LogP contribution in [0.3, 0.4) is 0 Å². The van der Waals surface area contributed by atoms with Gasteiger partial charge in [0, 0.05) is 27.3 Å². The van der Waals surface area contributed by atoms with Crippen molar-refractivity contribution in [2.75, 3.05) is 0 Å². The second-order valence-electron chi connectivity index (χ2n) is 5.23. The van der Waals surface area contributed by atoms with Crippen LogP contribution in [0.1, 0.15) is 18.1 Å². The lowest BCUT2D eigenvalue weighted by Crippen LogP contribution is -1.93. The minimum absolute atomic E-state index is 0.221. The average Bonchev–Trinajstić information content (AvgIpc) is 2.83. The lowest BCUT2D eigenvalue weighted by Gasteiger charge is -2.03. The average molecular weight is 437 g/mol. The lowest BCUT2D eigenvalue weighted by molar-refractivity contribution is 0.474. The van der Waals surface area contributed by atoms with Crippen molar-refractivity contribution in [3.05, 3.63) is 50.4 Å². The van der Waals surface area contributed by atoms with Crippen LogP contribution in [0.5, 0.6) is 5.75 Å². The molecular formula is C17H15Br2N3O. The summed E-state index contributed by atoms with van der Waals surface area (Å²) in [5.41, 5.74) is 3.58. The summed E-state index contributed by atoms with van der Waals surface area (Å²) in [7, 11) is 0. The van der Waals surface area contributed by atoms with E-state index in [1.54, 1.807) is 12.3 Å². The molecule has 0 aliphatic carbocycles. The fourth-order valence-corrected chi connectivity index (χ4v) is 3.07. The molecule has 1 heterocycles. The highest BCUT2D eigenvalue weighted by atomic mass is 79.9. The standard InChI is InChI=1S/C17H15Br2N3O/c1-3-22-15-8-13(19)12(18)7-14(15)21-17(22)20-9-11-5-4-10(2)6-16(11)23/h4-9,23H,3H2,1-2H3. The van der Waals surface area contributed by atoms with Crippen molar-refractivity contribution in [1.29, 1.82) is 0 Å². The molecule has 6 heteroatoms. The highest BCUT2D eigenvalue weighted by molar-refractivity contribution is 9.13. The van der Waals surface area contributed by atoms with Gasteiger partial charge in [0.15, 0.2) is 0 Å². The van der Waals surface area contributed by atoms with Gasteiger partial charge >= 0.3 is 0 Å². The molecular weight excluding hydrogens is 422 g/mol. The fraction of sp³-hybridized carbons (Fsp3) is 0.176. The van der Waals surface area contributed by atoms with E-state index in [1.807, 2.05) is 35.8 Å². The number of hydrogen-bond donors (Lipinski definition) is 1. The number of aryl methyl sites for hydroxylation is 2. The summed E-state index contributed by atoms with van der Waals surface area (Å²) in [4.78, 5) is 9.05. The Balaban J connectivity index is 2.07. The number of phenols is 1. The van der Waals surface area contributed by atoms with Crippen LogP contribution in [0.4, 0.5) is 5.95 Å². The molecule has 118 valence electrons. The van der Waals surface area contributed by atoms with Crippen molar-refractivity contribution in [1.82, 2.24) is 9.55 Å². The molecule has 0 fully saturated rings. The Morgan fingerprint density at radius 2 is 1.96 bits per heavy atom. The molecule has 3 aromatic rings. The van der Waals surface area contributed by atoms with Crippen LogP contribution >= 0.6 is 31.9 Å². The van der Waals surface area contributed by atoms with Gasteiger partial charge in [0.2, 0.25) is 5.95 Å². The summed E-state index contributed by atoms with van der Waals surface area (Å²) in [6, 6.07) is 9.50. The molecule has 0 bridgehead atoms. The minimum Gasteiger partial charge on any atom is -0.507 e. The zero-order valence-corrected chi connectivity index (χ0v) is 15.9. The molecule has 0 amide bonds. The normalized spacial score (nSPS) is 11.7. The van der Waals surface area contributed by atoms with Crippen molar-refractivity contribution in [2.45, 2.75) is 20.4 Å². The molecule has 23 heavy (non-hydrogen) atoms. The molecule has 2 aromatic carbocycles. The molecule has 0 atom stereocenters. The van der Waals surface area contributed by atoms with Gasteiger partial charge in [0.25, 0.3) is 0 Å². The minimum atomic E-state index is 0.221. The monoisotopic (exact) mass is 435 g/mol. The third-order valence-corrected chi connectivity index (χ3v) is 5.44. The topological polar surface area (TPSA) is 50.4 Å². The number of hydrogen-bond acceptors (Lipinski definition) is 3. The van der Waals surface area contributed by atoms with Crippen LogP contribution < -0.4 is 0 Å². The highest BCUT2D eigenvalue weighted by Gasteiger charge is 2.11. The van der Waals surface area contributed by atoms with E-state index >= 15 is 0 Å². The zero-order valence-electron chi connectivity index (χ0n) is 12.7. The molecule has 1 aromatic heterocycles. The van der Waals surface area contributed by atoms with Gasteiger partial charge in [-0.1, -0.05) is 6.07 Å². The van der Waals surface area contributed by atoms with Gasteiger partial charge in [0.05, 0.1) is 11.0 Å². The van der Waals surface area contributed by atoms with E-state index in [9.17, 15) is 5.11 Å². The van der Waals surface area contributed by atoms with Crippen LogP contribution in [-0.2, 0) is 6.54 Å². The van der Waals surface area contributed by atoms with E-state index in [0.29, 0.717) is 11.5 Å². The molecule has 0 spiro atoms. The Morgan fingerprint density at radius 1 is 1.22 bits per heavy atom. The number of imidazole rings is 1. The van der Waals surface area contributed by atoms with E-state index < -0.39 is 0 Å². The Labute approximate surface area is 151 Å². The molecule has 0 saturated carbocycles. The summed E-state index contributed by atoms with van der Waals surface area (Å²) in [6.45, 7) is 4.75. The van der Waals surface area contributed by atoms with Gasteiger partial charge in [-0.05, 0) is 75.5 Å². The van der Waals surface area contributed by atoms with Crippen LogP contribution in [-0.4, -0.2) is 20.9 Å². The number of aromatic hydroxyl groups is 1. The number of halogens is 2. The summed E-state index contributed by atoms with van der Waals surface area (Å²) < 4.78 is 3.97. The molecule has 0 radical (unpaired) electrons. The number of benzene rings is 2. The molecule has 0 aliphatic heterocycles. The predicted molar refractivity (Wildman–Crippen MR) is 101 cm³/mol. The molecule has 1 N–H and O–H groups in total. The first-order chi connectivity index (χ1) is 11.0. The Hall–Kier alpha value is -1.66. The Bertz CT molecular complexity index is 916. The number of phenolic OH excluding ortho intramolecular Hbond substituents is 1. The molecule has 0 aliphatic rings. The van der Waals surface area contributed by atoms with Crippen molar-refractivity contribution in [2.24, 2.45) is 4.99 Å². The lowest BCUT2D eigenvalue weighted by atomic mass is 10.1. The number of nitrogens with zero attached hydrogens (tertiary/aromatic N) is 3. The van der Waals surface area contributed by atoms with Crippen molar-refractivity contribution in [3.8, 4) is 5.75 Å². The molecule has 3 rings (SSSR count). The van der Waals surface area contributed by atoms with Crippen molar-refractivity contribution < 1.29 is 5.11 Å². The summed E-state index contributed by atoms with van der Waals surface area (Å²) in [6.07, 6.45) is 1.65. The fourth-order valence-electron chi connectivity index (χ4n) is 2.41. The van der Waals surface area contributed by atoms with E-state index in [0.717, 1.165) is 32.1 Å². The maximum Gasteiger partial charge on any atom is 0.230 e. The van der Waals surface area contributed by atoms with Crippen LogP contribution in [0.2, 0.25) is 0 Å². The third-order valence-electron chi connectivity index (χ3n) is 3.59. The Kier molecular flexibility index (Phi) is 4.55. The van der Waals surface area contributed by atoms with E-state index in [2.05, 4.69) is 48.8 Å². The van der Waals surface area contributed by atoms with Crippen LogP contribution in [0, 0.1) is 6.92 Å². The smallest absolute Gasteiger partial charge is 0.230 e. The SMILES string of the molecule is CCn1c(N=Cc2ccc(C)cc2O)nc2cc(Br)c(Br)cc21. The number of aliphatic imine (C=N–C) groups is 1.